The molecule has 8 heteroatoms. The van der Waals surface area contributed by atoms with Crippen LogP contribution in [-0.2, 0) is 0 Å². The van der Waals surface area contributed by atoms with Crippen molar-refractivity contribution >= 4 is 22.8 Å². The van der Waals surface area contributed by atoms with Crippen molar-refractivity contribution in [1.29, 1.82) is 0 Å². The van der Waals surface area contributed by atoms with E-state index in [-0.39, 0.29) is 17.1 Å². The Bertz CT molecular complexity index is 615. The van der Waals surface area contributed by atoms with Crippen LogP contribution in [0.4, 0.5) is 17.1 Å². The van der Waals surface area contributed by atoms with Crippen LogP contribution in [0.1, 0.15) is 39.0 Å². The van der Waals surface area contributed by atoms with Gasteiger partial charge in [-0.25, -0.2) is 0 Å². The molecule has 0 unspecified atom stereocenters. The van der Waals surface area contributed by atoms with Gasteiger partial charge in [0.2, 0.25) is 0 Å². The number of anilines is 1. The third-order valence-electron chi connectivity index (χ3n) is 3.91. The molecule has 1 aliphatic carbocycles. The van der Waals surface area contributed by atoms with Crippen LogP contribution in [0, 0.1) is 26.1 Å². The van der Waals surface area contributed by atoms with Crippen LogP contribution in [0.3, 0.4) is 0 Å². The molecule has 0 aliphatic heterocycles. The standard InChI is InChI=1S/C14H18N4O4/c1-2-10-5-3-4-6-12(10)15-16-13-8-7-11(17(19)20)9-14(13)18(21)22/h7-10,16H,2-6H2,1H3/b15-12-/t10-/m0/s1. The quantitative estimate of drug-likeness (QED) is 0.655. The van der Waals surface area contributed by atoms with Crippen LogP contribution in [0.5, 0.6) is 0 Å². The molecule has 0 radical (unpaired) electrons. The van der Waals surface area contributed by atoms with Gasteiger partial charge < -0.3 is 0 Å². The second-order valence-corrected chi connectivity index (χ2v) is 5.28. The fraction of sp³-hybridized carbons (Fsp3) is 0.500. The van der Waals surface area contributed by atoms with Gasteiger partial charge in [-0.2, -0.15) is 5.10 Å². The van der Waals surface area contributed by atoms with Gasteiger partial charge in [-0.3, -0.25) is 25.7 Å². The summed E-state index contributed by atoms with van der Waals surface area (Å²) >= 11 is 0. The smallest absolute Gasteiger partial charge is 0.272 e. The average Bonchev–Trinajstić information content (AvgIpc) is 2.52. The van der Waals surface area contributed by atoms with Crippen LogP contribution >= 0.6 is 0 Å². The first-order valence-corrected chi connectivity index (χ1v) is 7.28. The zero-order valence-electron chi connectivity index (χ0n) is 12.3. The first-order valence-electron chi connectivity index (χ1n) is 7.28. The van der Waals surface area contributed by atoms with E-state index in [9.17, 15) is 20.2 Å². The van der Waals surface area contributed by atoms with E-state index in [1.807, 2.05) is 0 Å². The zero-order valence-corrected chi connectivity index (χ0v) is 12.3. The molecule has 1 N–H and O–H groups in total. The molecule has 118 valence electrons. The normalized spacial score (nSPS) is 19.9. The van der Waals surface area contributed by atoms with Crippen LogP contribution in [-0.4, -0.2) is 15.6 Å². The summed E-state index contributed by atoms with van der Waals surface area (Å²) in [5.41, 5.74) is 3.25. The van der Waals surface area contributed by atoms with Gasteiger partial charge >= 0.3 is 5.69 Å². The van der Waals surface area contributed by atoms with Gasteiger partial charge in [0.05, 0.1) is 15.9 Å². The van der Waals surface area contributed by atoms with Gasteiger partial charge in [0.25, 0.3) is 5.69 Å². The Morgan fingerprint density at radius 2 is 2.05 bits per heavy atom. The van der Waals surface area contributed by atoms with E-state index >= 15 is 0 Å². The Kier molecular flexibility index (Phi) is 5.03. The highest BCUT2D eigenvalue weighted by Crippen LogP contribution is 2.30. The number of nitro groups is 2. The fourth-order valence-corrected chi connectivity index (χ4v) is 2.67. The van der Waals surface area contributed by atoms with Crippen LogP contribution in [0.25, 0.3) is 0 Å². The van der Waals surface area contributed by atoms with Crippen LogP contribution < -0.4 is 5.43 Å². The van der Waals surface area contributed by atoms with Gasteiger partial charge in [-0.15, -0.1) is 0 Å². The number of non-ortho nitro benzene ring substituents is 1. The number of hydrazone groups is 1. The number of benzene rings is 1. The zero-order chi connectivity index (χ0) is 16.1. The Morgan fingerprint density at radius 1 is 1.27 bits per heavy atom. The second kappa shape index (κ2) is 6.97. The van der Waals surface area contributed by atoms with E-state index in [0.29, 0.717) is 5.92 Å². The molecule has 0 saturated heterocycles. The summed E-state index contributed by atoms with van der Waals surface area (Å²) in [7, 11) is 0. The SMILES string of the molecule is CC[C@H]1CCCC/C1=N/Nc1ccc([N+](=O)[O-])cc1[N+](=O)[O-]. The van der Waals surface area contributed by atoms with Crippen molar-refractivity contribution in [2.24, 2.45) is 11.0 Å². The molecule has 0 amide bonds. The molecule has 1 fully saturated rings. The summed E-state index contributed by atoms with van der Waals surface area (Å²) in [5, 5.41) is 26.1. The lowest BCUT2D eigenvalue weighted by atomic mass is 9.86. The topological polar surface area (TPSA) is 111 Å². The average molecular weight is 306 g/mol. The Labute approximate surface area is 127 Å². The van der Waals surface area contributed by atoms with Crippen LogP contribution in [0.2, 0.25) is 0 Å². The maximum absolute atomic E-state index is 11.1. The number of nitrogens with zero attached hydrogens (tertiary/aromatic N) is 3. The van der Waals surface area contributed by atoms with Crippen molar-refractivity contribution in [3.05, 3.63) is 38.4 Å². The molecule has 1 saturated carbocycles. The number of nitro benzene ring substituents is 2. The largest absolute Gasteiger partial charge is 0.301 e. The number of hydrogen-bond acceptors (Lipinski definition) is 6. The van der Waals surface area contributed by atoms with Crippen molar-refractivity contribution in [2.75, 3.05) is 5.43 Å². The lowest BCUT2D eigenvalue weighted by Crippen LogP contribution is -2.19. The molecule has 1 aliphatic rings. The number of nitrogens with one attached hydrogen (secondary N) is 1. The van der Waals surface area contributed by atoms with Gasteiger partial charge in [0, 0.05) is 11.8 Å². The molecule has 0 aromatic heterocycles. The molecule has 1 aromatic rings. The van der Waals surface area contributed by atoms with E-state index in [1.165, 1.54) is 18.6 Å². The third-order valence-corrected chi connectivity index (χ3v) is 3.91. The molecule has 1 aromatic carbocycles. The van der Waals surface area contributed by atoms with Gasteiger partial charge in [0.1, 0.15) is 5.69 Å². The number of rotatable bonds is 5. The maximum Gasteiger partial charge on any atom is 0.301 e. The Hall–Kier alpha value is -2.51. The first-order chi connectivity index (χ1) is 10.5. The maximum atomic E-state index is 11.1. The molecule has 22 heavy (non-hydrogen) atoms. The first kappa shape index (κ1) is 15.9. The van der Waals surface area contributed by atoms with E-state index in [1.54, 1.807) is 0 Å². The second-order valence-electron chi connectivity index (χ2n) is 5.28. The fourth-order valence-electron chi connectivity index (χ4n) is 2.67. The van der Waals surface area contributed by atoms with Crippen molar-refractivity contribution in [1.82, 2.24) is 0 Å². The highest BCUT2D eigenvalue weighted by Gasteiger charge is 2.21. The van der Waals surface area contributed by atoms with E-state index in [2.05, 4.69) is 17.5 Å². The van der Waals surface area contributed by atoms with Crippen molar-refractivity contribution in [3.63, 3.8) is 0 Å². The van der Waals surface area contributed by atoms with Crippen molar-refractivity contribution in [2.45, 2.75) is 39.0 Å². The summed E-state index contributed by atoms with van der Waals surface area (Å²) in [6.45, 7) is 2.10. The summed E-state index contributed by atoms with van der Waals surface area (Å²) in [4.78, 5) is 20.5. The summed E-state index contributed by atoms with van der Waals surface area (Å²) < 4.78 is 0. The Balaban J connectivity index is 2.25. The van der Waals surface area contributed by atoms with Crippen LogP contribution in [0.15, 0.2) is 23.3 Å². The lowest BCUT2D eigenvalue weighted by Gasteiger charge is -2.22. The van der Waals surface area contributed by atoms with Gasteiger partial charge in [0.15, 0.2) is 0 Å². The van der Waals surface area contributed by atoms with E-state index < -0.39 is 9.85 Å². The highest BCUT2D eigenvalue weighted by atomic mass is 16.6. The minimum atomic E-state index is -0.656. The minimum Gasteiger partial charge on any atom is -0.272 e. The molecular formula is C14H18N4O4. The highest BCUT2D eigenvalue weighted by molar-refractivity contribution is 5.88. The Morgan fingerprint density at radius 3 is 2.68 bits per heavy atom. The minimum absolute atomic E-state index is 0.170. The summed E-state index contributed by atoms with van der Waals surface area (Å²) in [6.07, 6.45) is 5.20. The molecule has 0 heterocycles. The van der Waals surface area contributed by atoms with E-state index in [0.717, 1.165) is 37.5 Å². The molecule has 0 spiro atoms. The van der Waals surface area contributed by atoms with E-state index in [4.69, 9.17) is 0 Å². The third kappa shape index (κ3) is 3.57. The summed E-state index contributed by atoms with van der Waals surface area (Å²) in [5.74, 6) is 0.401. The molecule has 1 atom stereocenters. The molecule has 8 nitrogen and oxygen atoms in total. The van der Waals surface area contributed by atoms with Gasteiger partial charge in [-0.1, -0.05) is 13.3 Å². The molecule has 2 rings (SSSR count). The van der Waals surface area contributed by atoms with Crippen molar-refractivity contribution in [3.8, 4) is 0 Å². The number of hydrogen-bond donors (Lipinski definition) is 1. The predicted octanol–water partition coefficient (Wildman–Crippen LogP) is 3.87. The van der Waals surface area contributed by atoms with Gasteiger partial charge in [-0.05, 0) is 37.7 Å². The molecule has 0 bridgehead atoms. The predicted molar refractivity (Wildman–Crippen MR) is 83.1 cm³/mol. The summed E-state index contributed by atoms with van der Waals surface area (Å²) in [6, 6.07) is 3.50. The monoisotopic (exact) mass is 306 g/mol. The van der Waals surface area contributed by atoms with Crippen molar-refractivity contribution < 1.29 is 9.85 Å². The molecular weight excluding hydrogens is 288 g/mol. The lowest BCUT2D eigenvalue weighted by molar-refractivity contribution is -0.393.